The zero-order valence-corrected chi connectivity index (χ0v) is 35.5. The van der Waals surface area contributed by atoms with Gasteiger partial charge in [0.05, 0.1) is 0 Å². The maximum Gasteiger partial charge on any atom is 0.306 e. The molecule has 0 bridgehead atoms. The van der Waals surface area contributed by atoms with E-state index in [1.54, 1.807) is 0 Å². The Bertz CT molecular complexity index is 797. The number of carbonyl (C=O) groups excluding carboxylic acids is 3. The van der Waals surface area contributed by atoms with Crippen molar-refractivity contribution < 1.29 is 23.9 Å². The Hall–Kier alpha value is -2.15. The van der Waals surface area contributed by atoms with E-state index in [9.17, 15) is 14.4 Å². The quantitative estimate of drug-likeness (QED) is 0.0396. The van der Waals surface area contributed by atoms with Crippen LogP contribution in [0.25, 0.3) is 0 Å². The Morgan fingerprint density at radius 1 is 0.577 bits per heavy atom. The van der Waals surface area contributed by atoms with E-state index < -0.39 is 0 Å². The van der Waals surface area contributed by atoms with Crippen molar-refractivity contribution in [2.75, 3.05) is 40.4 Å². The molecule has 1 N–H and O–H groups in total. The van der Waals surface area contributed by atoms with Gasteiger partial charge in [0.1, 0.15) is 13.2 Å². The third-order valence-electron chi connectivity index (χ3n) is 9.09. The molecule has 0 unspecified atom stereocenters. The van der Waals surface area contributed by atoms with Gasteiger partial charge in [0.2, 0.25) is 5.91 Å². The zero-order chi connectivity index (χ0) is 38.9. The highest BCUT2D eigenvalue weighted by molar-refractivity contribution is 5.75. The first-order valence-corrected chi connectivity index (χ1v) is 21.7. The Kier molecular flexibility index (Phi) is 41.6. The van der Waals surface area contributed by atoms with Crippen LogP contribution in [0.1, 0.15) is 195 Å². The van der Waals surface area contributed by atoms with E-state index in [0.717, 1.165) is 89.5 Å². The number of allylic oxidation sites excluding steroid dienone is 2. The molecule has 306 valence electrons. The topological polar surface area (TPSA) is 84.9 Å². The van der Waals surface area contributed by atoms with Crippen molar-refractivity contribution in [3.8, 4) is 0 Å². The molecule has 0 aromatic carbocycles. The van der Waals surface area contributed by atoms with Crippen LogP contribution in [-0.2, 0) is 23.9 Å². The van der Waals surface area contributed by atoms with Gasteiger partial charge in [0.25, 0.3) is 0 Å². The van der Waals surface area contributed by atoms with Gasteiger partial charge in [-0.3, -0.25) is 14.4 Å². The van der Waals surface area contributed by atoms with Crippen LogP contribution in [0.15, 0.2) is 24.3 Å². The van der Waals surface area contributed by atoms with Crippen LogP contribution < -0.4 is 5.32 Å². The standard InChI is InChI=1S/C39H71NO5.C6H15N/c1-4-7-9-11-13-21-27-33-44-38(42)31-25-19-15-17-23-29-36(35-40-37(41)6-3)30-24-18-16-20-26-32-39(43)45-34-28-22-14-12-10-8-5-2;1-6(2)5-7(3)4/h21-22,27-28,36H,4-20,23-26,29-35H2,1-3H3,(H,40,41);6H,5H2,1-4H3/b27-21-,28-22-;. The zero-order valence-electron chi connectivity index (χ0n) is 35.5. The number of amides is 1. The Morgan fingerprint density at radius 2 is 1.00 bits per heavy atom. The number of nitrogens with one attached hydrogen (secondary N) is 1. The molecule has 0 aliphatic carbocycles. The lowest BCUT2D eigenvalue weighted by molar-refractivity contribution is -0.143. The molecule has 0 radical (unpaired) electrons. The SMILES string of the molecule is CC(C)CN(C)C.CCCCCC/C=C\COC(=O)CCCCCCCC(CCCCCCCC(=O)OC/C=C\CCCCCC)CNC(=O)CC. The summed E-state index contributed by atoms with van der Waals surface area (Å²) in [6, 6.07) is 0. The lowest BCUT2D eigenvalue weighted by atomic mass is 9.94. The Morgan fingerprint density at radius 3 is 1.38 bits per heavy atom. The van der Waals surface area contributed by atoms with Crippen molar-refractivity contribution >= 4 is 17.8 Å². The molecule has 0 aromatic rings. The van der Waals surface area contributed by atoms with Gasteiger partial charge >= 0.3 is 11.9 Å². The van der Waals surface area contributed by atoms with Crippen LogP contribution in [0.3, 0.4) is 0 Å². The second kappa shape index (κ2) is 41.6. The molecule has 0 aromatic heterocycles. The van der Waals surface area contributed by atoms with Crippen molar-refractivity contribution in [1.29, 1.82) is 0 Å². The number of ether oxygens (including phenoxy) is 2. The van der Waals surface area contributed by atoms with Gasteiger partial charge < -0.3 is 19.7 Å². The minimum absolute atomic E-state index is 0.0893. The van der Waals surface area contributed by atoms with E-state index in [4.69, 9.17) is 9.47 Å². The number of hydrogen-bond donors (Lipinski definition) is 1. The molecule has 7 nitrogen and oxygen atoms in total. The molecular weight excluding hydrogens is 649 g/mol. The monoisotopic (exact) mass is 735 g/mol. The van der Waals surface area contributed by atoms with E-state index in [0.29, 0.717) is 38.4 Å². The molecule has 7 heteroatoms. The molecule has 0 spiro atoms. The van der Waals surface area contributed by atoms with Gasteiger partial charge in [-0.2, -0.15) is 0 Å². The normalized spacial score (nSPS) is 11.5. The number of hydrogen-bond acceptors (Lipinski definition) is 6. The average molecular weight is 735 g/mol. The van der Waals surface area contributed by atoms with Crippen LogP contribution in [-0.4, -0.2) is 63.1 Å². The van der Waals surface area contributed by atoms with Crippen LogP contribution >= 0.6 is 0 Å². The van der Waals surface area contributed by atoms with Gasteiger partial charge in [-0.1, -0.05) is 149 Å². The molecule has 0 atom stereocenters. The predicted molar refractivity (Wildman–Crippen MR) is 223 cm³/mol. The molecule has 0 aliphatic rings. The van der Waals surface area contributed by atoms with Crippen molar-refractivity contribution in [2.45, 2.75) is 195 Å². The van der Waals surface area contributed by atoms with Crippen LogP contribution in [0.4, 0.5) is 0 Å². The highest BCUT2D eigenvalue weighted by Gasteiger charge is 2.11. The minimum Gasteiger partial charge on any atom is -0.461 e. The van der Waals surface area contributed by atoms with Crippen LogP contribution in [0, 0.1) is 11.8 Å². The van der Waals surface area contributed by atoms with Crippen molar-refractivity contribution in [3.63, 3.8) is 0 Å². The fourth-order valence-electron chi connectivity index (χ4n) is 6.10. The third-order valence-corrected chi connectivity index (χ3v) is 9.09. The van der Waals surface area contributed by atoms with Crippen LogP contribution in [0.5, 0.6) is 0 Å². The Balaban J connectivity index is 0. The maximum absolute atomic E-state index is 11.9. The number of rotatable bonds is 35. The summed E-state index contributed by atoms with van der Waals surface area (Å²) in [7, 11) is 4.19. The van der Waals surface area contributed by atoms with E-state index in [1.807, 2.05) is 19.1 Å². The molecule has 0 rings (SSSR count). The van der Waals surface area contributed by atoms with Gasteiger partial charge in [-0.05, 0) is 83.8 Å². The first-order valence-electron chi connectivity index (χ1n) is 21.7. The lowest BCUT2D eigenvalue weighted by Crippen LogP contribution is -2.28. The Labute approximate surface area is 322 Å². The van der Waals surface area contributed by atoms with Gasteiger partial charge in [0, 0.05) is 25.8 Å². The first kappa shape index (κ1) is 52.0. The molecule has 0 saturated carbocycles. The molecule has 1 amide bonds. The summed E-state index contributed by atoms with van der Waals surface area (Å²) in [5, 5.41) is 3.10. The minimum atomic E-state index is -0.0893. The van der Waals surface area contributed by atoms with E-state index in [2.05, 4.69) is 64.2 Å². The first-order chi connectivity index (χ1) is 25.2. The second-order valence-electron chi connectivity index (χ2n) is 15.3. The number of nitrogens with zero attached hydrogens (tertiary/aromatic N) is 1. The summed E-state index contributed by atoms with van der Waals surface area (Å²) >= 11 is 0. The van der Waals surface area contributed by atoms with E-state index >= 15 is 0 Å². The van der Waals surface area contributed by atoms with E-state index in [-0.39, 0.29) is 17.8 Å². The molecule has 0 saturated heterocycles. The van der Waals surface area contributed by atoms with Crippen molar-refractivity contribution in [2.24, 2.45) is 11.8 Å². The second-order valence-corrected chi connectivity index (χ2v) is 15.3. The number of esters is 2. The van der Waals surface area contributed by atoms with E-state index in [1.165, 1.54) is 70.8 Å². The van der Waals surface area contributed by atoms with Crippen LogP contribution in [0.2, 0.25) is 0 Å². The summed E-state index contributed by atoms with van der Waals surface area (Å²) < 4.78 is 10.6. The highest BCUT2D eigenvalue weighted by Crippen LogP contribution is 2.19. The molecular formula is C45H86N2O5. The molecule has 0 heterocycles. The molecule has 0 fully saturated rings. The van der Waals surface area contributed by atoms with Gasteiger partial charge in [-0.15, -0.1) is 0 Å². The summed E-state index contributed by atoms with van der Waals surface area (Å²) in [5.74, 6) is 1.27. The molecule has 0 aliphatic heterocycles. The van der Waals surface area contributed by atoms with Gasteiger partial charge in [-0.25, -0.2) is 0 Å². The molecule has 52 heavy (non-hydrogen) atoms. The largest absolute Gasteiger partial charge is 0.461 e. The average Bonchev–Trinajstić information content (AvgIpc) is 3.11. The summed E-state index contributed by atoms with van der Waals surface area (Å²) in [6.07, 6.45) is 35.0. The number of unbranched alkanes of at least 4 members (excludes halogenated alkanes) is 16. The summed E-state index contributed by atoms with van der Waals surface area (Å²) in [6.45, 7) is 13.5. The van der Waals surface area contributed by atoms with Crippen molar-refractivity contribution in [3.05, 3.63) is 24.3 Å². The highest BCUT2D eigenvalue weighted by atomic mass is 16.5. The van der Waals surface area contributed by atoms with Crippen molar-refractivity contribution in [1.82, 2.24) is 10.2 Å². The summed E-state index contributed by atoms with van der Waals surface area (Å²) in [4.78, 5) is 37.9. The number of carbonyl (C=O) groups is 3. The maximum atomic E-state index is 11.9. The lowest BCUT2D eigenvalue weighted by Gasteiger charge is -2.17. The third kappa shape index (κ3) is 44.0. The predicted octanol–water partition coefficient (Wildman–Crippen LogP) is 11.9. The van der Waals surface area contributed by atoms with Gasteiger partial charge in [0.15, 0.2) is 0 Å². The fraction of sp³-hybridized carbons (Fsp3) is 0.844. The fourth-order valence-corrected chi connectivity index (χ4v) is 6.10. The smallest absolute Gasteiger partial charge is 0.306 e. The summed E-state index contributed by atoms with van der Waals surface area (Å²) in [5.41, 5.74) is 0.